The van der Waals surface area contributed by atoms with Gasteiger partial charge in [0.05, 0.1) is 6.61 Å². The monoisotopic (exact) mass is 289 g/mol. The van der Waals surface area contributed by atoms with Crippen LogP contribution in [-0.2, 0) is 17.8 Å². The van der Waals surface area contributed by atoms with Crippen LogP contribution in [0.3, 0.4) is 0 Å². The molecule has 0 amide bonds. The minimum atomic E-state index is 0.752. The first-order valence-corrected chi connectivity index (χ1v) is 8.08. The Kier molecular flexibility index (Phi) is 6.70. The largest absolute Gasteiger partial charge is 0.380 e. The van der Waals surface area contributed by atoms with Crippen molar-refractivity contribution in [2.45, 2.75) is 46.2 Å². The summed E-state index contributed by atoms with van der Waals surface area (Å²) in [5.74, 6) is 0. The van der Waals surface area contributed by atoms with Crippen LogP contribution in [0.15, 0.2) is 24.5 Å². The fraction of sp³-hybridized carbons (Fsp3) is 0.588. The number of nitrogens with zero attached hydrogens (tertiary/aromatic N) is 2. The van der Waals surface area contributed by atoms with Gasteiger partial charge in [-0.3, -0.25) is 0 Å². The lowest BCUT2D eigenvalue weighted by molar-refractivity contribution is 0.124. The maximum atomic E-state index is 5.67. The Morgan fingerprint density at radius 2 is 2.14 bits per heavy atom. The van der Waals surface area contributed by atoms with E-state index in [1.54, 1.807) is 0 Å². The summed E-state index contributed by atoms with van der Waals surface area (Å²) >= 11 is 0. The van der Waals surface area contributed by atoms with E-state index in [1.165, 1.54) is 17.4 Å². The Bertz CT molecular complexity index is 536. The summed E-state index contributed by atoms with van der Waals surface area (Å²) in [6.07, 6.45) is 7.55. The molecule has 0 spiro atoms. The lowest BCUT2D eigenvalue weighted by Gasteiger charge is -2.05. The third kappa shape index (κ3) is 4.55. The first kappa shape index (κ1) is 16.0. The molecule has 0 saturated heterocycles. The second kappa shape index (κ2) is 8.80. The Balaban J connectivity index is 2.01. The lowest BCUT2D eigenvalue weighted by atomic mass is 10.2. The molecule has 0 atom stereocenters. The number of nitrogens with one attached hydrogen (secondary N) is 1. The zero-order chi connectivity index (χ0) is 14.9. The Labute approximate surface area is 127 Å². The van der Waals surface area contributed by atoms with Crippen LogP contribution in [0, 0.1) is 0 Å². The highest BCUT2D eigenvalue weighted by Gasteiger charge is 2.08. The SMILES string of the molecule is CCCCOCCn1cc(CNCCC)c2cccnc21. The van der Waals surface area contributed by atoms with E-state index in [1.807, 2.05) is 12.3 Å². The summed E-state index contributed by atoms with van der Waals surface area (Å²) in [6.45, 7) is 8.79. The Morgan fingerprint density at radius 1 is 1.24 bits per heavy atom. The van der Waals surface area contributed by atoms with Gasteiger partial charge in [-0.05, 0) is 37.1 Å². The number of rotatable bonds is 10. The second-order valence-corrected chi connectivity index (χ2v) is 5.37. The number of hydrogen-bond acceptors (Lipinski definition) is 3. The van der Waals surface area contributed by atoms with Crippen molar-refractivity contribution in [3.05, 3.63) is 30.1 Å². The minimum Gasteiger partial charge on any atom is -0.380 e. The van der Waals surface area contributed by atoms with Gasteiger partial charge in [-0.2, -0.15) is 0 Å². The van der Waals surface area contributed by atoms with Crippen LogP contribution < -0.4 is 5.32 Å². The molecular weight excluding hydrogens is 262 g/mol. The van der Waals surface area contributed by atoms with Gasteiger partial charge in [0.1, 0.15) is 5.65 Å². The van der Waals surface area contributed by atoms with Gasteiger partial charge in [0.25, 0.3) is 0 Å². The van der Waals surface area contributed by atoms with Gasteiger partial charge in [-0.25, -0.2) is 4.98 Å². The van der Waals surface area contributed by atoms with Crippen molar-refractivity contribution < 1.29 is 4.74 Å². The molecular formula is C17H27N3O. The van der Waals surface area contributed by atoms with Gasteiger partial charge < -0.3 is 14.6 Å². The van der Waals surface area contributed by atoms with Crippen molar-refractivity contribution in [3.8, 4) is 0 Å². The molecule has 2 heterocycles. The van der Waals surface area contributed by atoms with Crippen LogP contribution >= 0.6 is 0 Å². The molecule has 21 heavy (non-hydrogen) atoms. The predicted molar refractivity (Wildman–Crippen MR) is 87.5 cm³/mol. The molecule has 4 nitrogen and oxygen atoms in total. The Morgan fingerprint density at radius 3 is 2.95 bits per heavy atom. The highest BCUT2D eigenvalue weighted by atomic mass is 16.5. The average Bonchev–Trinajstić information content (AvgIpc) is 2.86. The zero-order valence-electron chi connectivity index (χ0n) is 13.3. The standard InChI is InChI=1S/C17H27N3O/c1-3-5-11-21-12-10-20-14-15(13-18-8-4-2)16-7-6-9-19-17(16)20/h6-7,9,14,18H,3-5,8,10-13H2,1-2H3. The smallest absolute Gasteiger partial charge is 0.140 e. The topological polar surface area (TPSA) is 39.1 Å². The molecule has 0 aliphatic carbocycles. The van der Waals surface area contributed by atoms with E-state index >= 15 is 0 Å². The molecule has 0 saturated carbocycles. The third-order valence-electron chi connectivity index (χ3n) is 3.58. The fourth-order valence-electron chi connectivity index (χ4n) is 2.42. The van der Waals surface area contributed by atoms with E-state index < -0.39 is 0 Å². The molecule has 0 fully saturated rings. The van der Waals surface area contributed by atoms with Crippen LogP contribution in [0.5, 0.6) is 0 Å². The molecule has 2 aromatic rings. The van der Waals surface area contributed by atoms with E-state index in [9.17, 15) is 0 Å². The first-order chi connectivity index (χ1) is 10.4. The van der Waals surface area contributed by atoms with Crippen molar-refractivity contribution in [1.82, 2.24) is 14.9 Å². The summed E-state index contributed by atoms with van der Waals surface area (Å²) in [7, 11) is 0. The average molecular weight is 289 g/mol. The number of unbranched alkanes of at least 4 members (excludes halogenated alkanes) is 1. The molecule has 1 N–H and O–H groups in total. The van der Waals surface area contributed by atoms with Crippen LogP contribution in [0.1, 0.15) is 38.7 Å². The van der Waals surface area contributed by atoms with Gasteiger partial charge in [-0.15, -0.1) is 0 Å². The molecule has 0 aromatic carbocycles. The maximum Gasteiger partial charge on any atom is 0.140 e. The minimum absolute atomic E-state index is 0.752. The van der Waals surface area contributed by atoms with Crippen molar-refractivity contribution in [2.24, 2.45) is 0 Å². The fourth-order valence-corrected chi connectivity index (χ4v) is 2.42. The number of ether oxygens (including phenoxy) is 1. The van der Waals surface area contributed by atoms with Crippen LogP contribution in [0.25, 0.3) is 11.0 Å². The van der Waals surface area contributed by atoms with E-state index in [4.69, 9.17) is 4.74 Å². The normalized spacial score (nSPS) is 11.3. The van der Waals surface area contributed by atoms with E-state index in [0.717, 1.165) is 51.3 Å². The number of fused-ring (bicyclic) bond motifs is 1. The highest BCUT2D eigenvalue weighted by Crippen LogP contribution is 2.19. The van der Waals surface area contributed by atoms with Crippen LogP contribution in [-0.4, -0.2) is 29.3 Å². The summed E-state index contributed by atoms with van der Waals surface area (Å²) in [5.41, 5.74) is 2.38. The molecule has 116 valence electrons. The Hall–Kier alpha value is -1.39. The van der Waals surface area contributed by atoms with Gasteiger partial charge in [-0.1, -0.05) is 20.3 Å². The van der Waals surface area contributed by atoms with Crippen LogP contribution in [0.4, 0.5) is 0 Å². The van der Waals surface area contributed by atoms with Gasteiger partial charge in [0.2, 0.25) is 0 Å². The van der Waals surface area contributed by atoms with E-state index in [0.29, 0.717) is 0 Å². The van der Waals surface area contributed by atoms with E-state index in [-0.39, 0.29) is 0 Å². The lowest BCUT2D eigenvalue weighted by Crippen LogP contribution is -2.13. The molecule has 4 heteroatoms. The summed E-state index contributed by atoms with van der Waals surface area (Å²) in [6, 6.07) is 4.16. The van der Waals surface area contributed by atoms with Crippen molar-refractivity contribution in [3.63, 3.8) is 0 Å². The molecule has 2 rings (SSSR count). The third-order valence-corrected chi connectivity index (χ3v) is 3.58. The van der Waals surface area contributed by atoms with E-state index in [2.05, 4.69) is 41.0 Å². The van der Waals surface area contributed by atoms with Crippen molar-refractivity contribution in [2.75, 3.05) is 19.8 Å². The highest BCUT2D eigenvalue weighted by molar-refractivity contribution is 5.80. The van der Waals surface area contributed by atoms with Crippen LogP contribution in [0.2, 0.25) is 0 Å². The maximum absolute atomic E-state index is 5.67. The van der Waals surface area contributed by atoms with Gasteiger partial charge in [0, 0.05) is 37.5 Å². The number of pyridine rings is 1. The molecule has 0 aliphatic heterocycles. The van der Waals surface area contributed by atoms with Gasteiger partial charge in [0.15, 0.2) is 0 Å². The molecule has 0 radical (unpaired) electrons. The number of hydrogen-bond donors (Lipinski definition) is 1. The predicted octanol–water partition coefficient (Wildman–Crippen LogP) is 3.35. The zero-order valence-corrected chi connectivity index (χ0v) is 13.3. The summed E-state index contributed by atoms with van der Waals surface area (Å²) < 4.78 is 7.88. The van der Waals surface area contributed by atoms with Crippen molar-refractivity contribution in [1.29, 1.82) is 0 Å². The molecule has 0 bridgehead atoms. The second-order valence-electron chi connectivity index (χ2n) is 5.37. The van der Waals surface area contributed by atoms with Crippen molar-refractivity contribution >= 4 is 11.0 Å². The quantitative estimate of drug-likeness (QED) is 0.682. The summed E-state index contributed by atoms with van der Waals surface area (Å²) in [4.78, 5) is 4.52. The molecule has 0 aliphatic rings. The molecule has 0 unspecified atom stereocenters. The molecule has 2 aromatic heterocycles. The number of aromatic nitrogens is 2. The van der Waals surface area contributed by atoms with Gasteiger partial charge >= 0.3 is 0 Å². The first-order valence-electron chi connectivity index (χ1n) is 8.08. The summed E-state index contributed by atoms with van der Waals surface area (Å²) in [5, 5.41) is 4.71.